The standard InChI is InChI=1S/C8H16N2O.C2H6/c1-9-7-3-8(11-4-7)5-10(2)6-8;1-2/h7,9H,3-6H2,1-2H3;1-2H3. The van der Waals surface area contributed by atoms with Crippen molar-refractivity contribution in [1.82, 2.24) is 10.2 Å². The zero-order valence-electron chi connectivity index (χ0n) is 9.26. The third kappa shape index (κ3) is 2.22. The van der Waals surface area contributed by atoms with Crippen LogP contribution in [0.15, 0.2) is 0 Å². The van der Waals surface area contributed by atoms with Crippen LogP contribution < -0.4 is 5.32 Å². The number of nitrogens with one attached hydrogen (secondary N) is 1. The van der Waals surface area contributed by atoms with Gasteiger partial charge in [-0.3, -0.25) is 0 Å². The Bertz CT molecular complexity index is 155. The van der Waals surface area contributed by atoms with Crippen molar-refractivity contribution in [3.8, 4) is 0 Å². The second-order valence-electron chi connectivity index (χ2n) is 3.86. The van der Waals surface area contributed by atoms with Gasteiger partial charge in [-0.15, -0.1) is 0 Å². The van der Waals surface area contributed by atoms with Crippen LogP contribution in [0.2, 0.25) is 0 Å². The van der Waals surface area contributed by atoms with E-state index in [2.05, 4.69) is 17.3 Å². The summed E-state index contributed by atoms with van der Waals surface area (Å²) in [6, 6.07) is 0.587. The average molecular weight is 186 g/mol. The first-order valence-electron chi connectivity index (χ1n) is 5.24. The van der Waals surface area contributed by atoms with E-state index in [-0.39, 0.29) is 5.60 Å². The largest absolute Gasteiger partial charge is 0.371 e. The monoisotopic (exact) mass is 186 g/mol. The van der Waals surface area contributed by atoms with Crippen LogP contribution in [-0.2, 0) is 4.74 Å². The number of rotatable bonds is 1. The molecule has 1 N–H and O–H groups in total. The molecule has 2 aliphatic heterocycles. The topological polar surface area (TPSA) is 24.5 Å². The quantitative estimate of drug-likeness (QED) is 0.652. The fourth-order valence-corrected chi connectivity index (χ4v) is 2.19. The summed E-state index contributed by atoms with van der Waals surface area (Å²) in [5, 5.41) is 3.26. The number of likely N-dealkylation sites (N-methyl/N-ethyl adjacent to an activating group) is 2. The molecule has 2 heterocycles. The van der Waals surface area contributed by atoms with Gasteiger partial charge in [0.05, 0.1) is 12.2 Å². The van der Waals surface area contributed by atoms with Crippen LogP contribution in [-0.4, -0.2) is 50.3 Å². The number of nitrogens with zero attached hydrogens (tertiary/aromatic N) is 1. The predicted molar refractivity (Wildman–Crippen MR) is 55.0 cm³/mol. The molecule has 3 nitrogen and oxygen atoms in total. The Labute approximate surface area is 81.4 Å². The van der Waals surface area contributed by atoms with Crippen molar-refractivity contribution in [2.45, 2.75) is 31.9 Å². The highest BCUT2D eigenvalue weighted by Crippen LogP contribution is 2.33. The Morgan fingerprint density at radius 3 is 2.38 bits per heavy atom. The van der Waals surface area contributed by atoms with E-state index in [1.807, 2.05) is 20.9 Å². The zero-order valence-corrected chi connectivity index (χ0v) is 9.26. The molecular formula is C10H22N2O. The molecule has 0 aromatic rings. The summed E-state index contributed by atoms with van der Waals surface area (Å²) in [6.07, 6.45) is 1.19. The molecule has 78 valence electrons. The fourth-order valence-electron chi connectivity index (χ4n) is 2.19. The number of hydrogen-bond acceptors (Lipinski definition) is 3. The third-order valence-corrected chi connectivity index (χ3v) is 2.73. The van der Waals surface area contributed by atoms with E-state index in [0.717, 1.165) is 19.7 Å². The summed E-state index contributed by atoms with van der Waals surface area (Å²) in [5.74, 6) is 0. The molecule has 1 spiro atoms. The van der Waals surface area contributed by atoms with E-state index in [1.165, 1.54) is 6.42 Å². The van der Waals surface area contributed by atoms with E-state index in [9.17, 15) is 0 Å². The van der Waals surface area contributed by atoms with Crippen LogP contribution in [0.5, 0.6) is 0 Å². The fraction of sp³-hybridized carbons (Fsp3) is 1.00. The molecule has 0 aliphatic carbocycles. The molecule has 0 saturated carbocycles. The first-order chi connectivity index (χ1) is 6.24. The minimum atomic E-state index is 0.225. The van der Waals surface area contributed by atoms with Gasteiger partial charge in [0, 0.05) is 19.1 Å². The molecule has 0 amide bonds. The van der Waals surface area contributed by atoms with E-state index >= 15 is 0 Å². The van der Waals surface area contributed by atoms with Crippen molar-refractivity contribution in [3.63, 3.8) is 0 Å². The highest BCUT2D eigenvalue weighted by molar-refractivity contribution is 5.02. The first kappa shape index (κ1) is 11.0. The Hall–Kier alpha value is -0.120. The second-order valence-corrected chi connectivity index (χ2v) is 3.86. The molecule has 2 fully saturated rings. The summed E-state index contributed by atoms with van der Waals surface area (Å²) in [7, 11) is 4.15. The molecule has 0 bridgehead atoms. The summed E-state index contributed by atoms with van der Waals surface area (Å²) >= 11 is 0. The smallest absolute Gasteiger partial charge is 0.0951 e. The first-order valence-corrected chi connectivity index (χ1v) is 5.24. The van der Waals surface area contributed by atoms with Gasteiger partial charge in [-0.2, -0.15) is 0 Å². The van der Waals surface area contributed by atoms with Crippen LogP contribution in [0.25, 0.3) is 0 Å². The van der Waals surface area contributed by atoms with Gasteiger partial charge in [-0.05, 0) is 20.5 Å². The van der Waals surface area contributed by atoms with Gasteiger partial charge in [0.2, 0.25) is 0 Å². The van der Waals surface area contributed by atoms with E-state index in [1.54, 1.807) is 0 Å². The van der Waals surface area contributed by atoms with Gasteiger partial charge in [0.15, 0.2) is 0 Å². The van der Waals surface area contributed by atoms with E-state index in [4.69, 9.17) is 4.74 Å². The Morgan fingerprint density at radius 2 is 2.00 bits per heavy atom. The number of ether oxygens (including phenoxy) is 1. The summed E-state index contributed by atoms with van der Waals surface area (Å²) in [4.78, 5) is 2.30. The Balaban J connectivity index is 0.000000396. The molecule has 0 aromatic carbocycles. The predicted octanol–water partition coefficient (Wildman–Crippen LogP) is 0.705. The summed E-state index contributed by atoms with van der Waals surface area (Å²) in [6.45, 7) is 7.13. The van der Waals surface area contributed by atoms with Crippen LogP contribution >= 0.6 is 0 Å². The van der Waals surface area contributed by atoms with Crippen molar-refractivity contribution in [1.29, 1.82) is 0 Å². The average Bonchev–Trinajstić information content (AvgIpc) is 2.52. The van der Waals surface area contributed by atoms with Crippen molar-refractivity contribution in [2.75, 3.05) is 33.8 Å². The molecule has 0 radical (unpaired) electrons. The van der Waals surface area contributed by atoms with Gasteiger partial charge in [0.25, 0.3) is 0 Å². The molecule has 2 saturated heterocycles. The maximum Gasteiger partial charge on any atom is 0.0951 e. The molecule has 3 heteroatoms. The molecule has 2 rings (SSSR count). The van der Waals surface area contributed by atoms with E-state index < -0.39 is 0 Å². The number of likely N-dealkylation sites (tertiary alicyclic amines) is 1. The summed E-state index contributed by atoms with van der Waals surface area (Å²) < 4.78 is 5.75. The van der Waals surface area contributed by atoms with Gasteiger partial charge >= 0.3 is 0 Å². The molecule has 1 unspecified atom stereocenters. The highest BCUT2D eigenvalue weighted by atomic mass is 16.5. The Morgan fingerprint density at radius 1 is 1.38 bits per heavy atom. The molecule has 13 heavy (non-hydrogen) atoms. The van der Waals surface area contributed by atoms with E-state index in [0.29, 0.717) is 6.04 Å². The molecule has 1 atom stereocenters. The van der Waals surface area contributed by atoms with Crippen molar-refractivity contribution >= 4 is 0 Å². The van der Waals surface area contributed by atoms with Crippen molar-refractivity contribution in [2.24, 2.45) is 0 Å². The Kier molecular flexibility index (Phi) is 3.71. The lowest BCUT2D eigenvalue weighted by Crippen LogP contribution is -2.59. The lowest BCUT2D eigenvalue weighted by molar-refractivity contribution is -0.100. The lowest BCUT2D eigenvalue weighted by Gasteiger charge is -2.45. The van der Waals surface area contributed by atoms with Crippen LogP contribution in [0.1, 0.15) is 20.3 Å². The normalized spacial score (nSPS) is 30.9. The SMILES string of the molecule is CC.CNC1COC2(C1)CN(C)C2. The minimum absolute atomic E-state index is 0.225. The third-order valence-electron chi connectivity index (χ3n) is 2.73. The lowest BCUT2D eigenvalue weighted by atomic mass is 9.90. The van der Waals surface area contributed by atoms with Gasteiger partial charge in [-0.1, -0.05) is 13.8 Å². The maximum absolute atomic E-state index is 5.75. The number of hydrogen-bond donors (Lipinski definition) is 1. The van der Waals surface area contributed by atoms with Crippen molar-refractivity contribution in [3.05, 3.63) is 0 Å². The zero-order chi connectivity index (χ0) is 9.90. The van der Waals surface area contributed by atoms with Crippen LogP contribution in [0, 0.1) is 0 Å². The van der Waals surface area contributed by atoms with Gasteiger partial charge in [-0.25, -0.2) is 0 Å². The maximum atomic E-state index is 5.75. The second kappa shape index (κ2) is 4.40. The molecule has 2 aliphatic rings. The van der Waals surface area contributed by atoms with Gasteiger partial charge < -0.3 is 15.0 Å². The molecule has 0 aromatic heterocycles. The minimum Gasteiger partial charge on any atom is -0.371 e. The van der Waals surface area contributed by atoms with Crippen molar-refractivity contribution < 1.29 is 4.74 Å². The summed E-state index contributed by atoms with van der Waals surface area (Å²) in [5.41, 5.74) is 0.225. The van der Waals surface area contributed by atoms with Gasteiger partial charge in [0.1, 0.15) is 0 Å². The highest BCUT2D eigenvalue weighted by Gasteiger charge is 2.47. The molecular weight excluding hydrogens is 164 g/mol. The van der Waals surface area contributed by atoms with Crippen LogP contribution in [0.3, 0.4) is 0 Å². The van der Waals surface area contributed by atoms with Crippen LogP contribution in [0.4, 0.5) is 0 Å².